The highest BCUT2D eigenvalue weighted by Crippen LogP contribution is 2.29. The SMILES string of the molecule is O=C(Cn1cc(-c2ccccc2)oc1=O)NCc1cccc(C(F)(F)F)c1. The molecule has 3 rings (SSSR count). The molecule has 1 amide bonds. The molecule has 0 fully saturated rings. The summed E-state index contributed by atoms with van der Waals surface area (Å²) in [5.74, 6) is -0.885. The fourth-order valence-electron chi connectivity index (χ4n) is 2.49. The fourth-order valence-corrected chi connectivity index (χ4v) is 2.49. The van der Waals surface area contributed by atoms with Crippen molar-refractivity contribution in [3.63, 3.8) is 0 Å². The molecule has 1 N–H and O–H groups in total. The summed E-state index contributed by atoms with van der Waals surface area (Å²) in [7, 11) is 0. The van der Waals surface area contributed by atoms with Gasteiger partial charge in [-0.25, -0.2) is 4.79 Å². The van der Waals surface area contributed by atoms with Crippen molar-refractivity contribution in [2.24, 2.45) is 0 Å². The van der Waals surface area contributed by atoms with Crippen LogP contribution in [0.3, 0.4) is 0 Å². The minimum Gasteiger partial charge on any atom is -0.408 e. The van der Waals surface area contributed by atoms with Crippen molar-refractivity contribution in [2.45, 2.75) is 19.3 Å². The van der Waals surface area contributed by atoms with E-state index in [0.29, 0.717) is 16.9 Å². The smallest absolute Gasteiger partial charge is 0.408 e. The lowest BCUT2D eigenvalue weighted by molar-refractivity contribution is -0.137. The van der Waals surface area contributed by atoms with Crippen LogP contribution < -0.4 is 11.1 Å². The molecule has 140 valence electrons. The molecule has 0 aliphatic rings. The van der Waals surface area contributed by atoms with Crippen molar-refractivity contribution in [3.8, 4) is 11.3 Å². The summed E-state index contributed by atoms with van der Waals surface area (Å²) >= 11 is 0. The number of alkyl halides is 3. The second kappa shape index (κ2) is 7.53. The molecule has 1 heterocycles. The summed E-state index contributed by atoms with van der Waals surface area (Å²) in [6, 6.07) is 13.6. The number of hydrogen-bond acceptors (Lipinski definition) is 3. The Bertz CT molecular complexity index is 991. The Balaban J connectivity index is 1.64. The maximum atomic E-state index is 12.7. The largest absolute Gasteiger partial charge is 0.419 e. The van der Waals surface area contributed by atoms with Crippen molar-refractivity contribution in [1.29, 1.82) is 0 Å². The Morgan fingerprint density at radius 2 is 1.81 bits per heavy atom. The zero-order valence-electron chi connectivity index (χ0n) is 14.0. The van der Waals surface area contributed by atoms with Crippen LogP contribution in [0.25, 0.3) is 11.3 Å². The molecule has 0 aliphatic heterocycles. The number of carbonyl (C=O) groups excluding carboxylic acids is 1. The number of halogens is 3. The minimum atomic E-state index is -4.45. The maximum Gasteiger partial charge on any atom is 0.419 e. The van der Waals surface area contributed by atoms with Crippen molar-refractivity contribution >= 4 is 5.91 Å². The van der Waals surface area contributed by atoms with Crippen LogP contribution in [-0.2, 0) is 24.1 Å². The molecule has 5 nitrogen and oxygen atoms in total. The summed E-state index contributed by atoms with van der Waals surface area (Å²) in [6.45, 7) is -0.380. The molecule has 27 heavy (non-hydrogen) atoms. The zero-order chi connectivity index (χ0) is 19.4. The van der Waals surface area contributed by atoms with Crippen molar-refractivity contribution < 1.29 is 22.4 Å². The number of hydrogen-bond donors (Lipinski definition) is 1. The zero-order valence-corrected chi connectivity index (χ0v) is 14.0. The van der Waals surface area contributed by atoms with Crippen LogP contribution in [0.15, 0.2) is 70.0 Å². The first-order chi connectivity index (χ1) is 12.8. The first-order valence-corrected chi connectivity index (χ1v) is 8.01. The predicted molar refractivity (Wildman–Crippen MR) is 91.7 cm³/mol. The molecule has 0 unspecified atom stereocenters. The molecule has 0 bridgehead atoms. The summed E-state index contributed by atoms with van der Waals surface area (Å²) in [5, 5.41) is 2.49. The predicted octanol–water partition coefficient (Wildman–Crippen LogP) is 3.44. The van der Waals surface area contributed by atoms with Gasteiger partial charge >= 0.3 is 11.9 Å². The van der Waals surface area contributed by atoms with Gasteiger partial charge in [-0.05, 0) is 17.7 Å². The Kier molecular flexibility index (Phi) is 5.16. The molecule has 0 radical (unpaired) electrons. The van der Waals surface area contributed by atoms with Crippen LogP contribution in [0.5, 0.6) is 0 Å². The van der Waals surface area contributed by atoms with E-state index in [1.165, 1.54) is 18.3 Å². The normalized spacial score (nSPS) is 11.4. The van der Waals surface area contributed by atoms with E-state index in [-0.39, 0.29) is 13.1 Å². The average Bonchev–Trinajstić information content (AvgIpc) is 3.01. The number of oxazole rings is 1. The highest BCUT2D eigenvalue weighted by molar-refractivity contribution is 5.75. The quantitative estimate of drug-likeness (QED) is 0.742. The third-order valence-corrected chi connectivity index (χ3v) is 3.82. The van der Waals surface area contributed by atoms with Gasteiger partial charge in [0.2, 0.25) is 5.91 Å². The second-order valence-corrected chi connectivity index (χ2v) is 5.83. The maximum absolute atomic E-state index is 12.7. The summed E-state index contributed by atoms with van der Waals surface area (Å²) in [5.41, 5.74) is 0.216. The van der Waals surface area contributed by atoms with Crippen molar-refractivity contribution in [1.82, 2.24) is 9.88 Å². The number of nitrogens with one attached hydrogen (secondary N) is 1. The molecule has 3 aromatic rings. The molecule has 0 spiro atoms. The van der Waals surface area contributed by atoms with E-state index in [9.17, 15) is 22.8 Å². The number of carbonyl (C=O) groups is 1. The van der Waals surface area contributed by atoms with E-state index in [4.69, 9.17) is 4.42 Å². The van der Waals surface area contributed by atoms with E-state index in [1.807, 2.05) is 6.07 Å². The Labute approximate surface area is 152 Å². The Morgan fingerprint density at radius 3 is 2.52 bits per heavy atom. The van der Waals surface area contributed by atoms with Crippen molar-refractivity contribution in [2.75, 3.05) is 0 Å². The molecular formula is C19H15F3N2O3. The summed E-state index contributed by atoms with van der Waals surface area (Å²) in [6.07, 6.45) is -3.03. The number of rotatable bonds is 5. The third kappa shape index (κ3) is 4.66. The third-order valence-electron chi connectivity index (χ3n) is 3.82. The van der Waals surface area contributed by atoms with Crippen LogP contribution in [-0.4, -0.2) is 10.5 Å². The number of amides is 1. The van der Waals surface area contributed by atoms with Crippen molar-refractivity contribution in [3.05, 3.63) is 82.5 Å². The van der Waals surface area contributed by atoms with Gasteiger partial charge in [0.05, 0.1) is 11.8 Å². The van der Waals surface area contributed by atoms with Gasteiger partial charge in [-0.3, -0.25) is 9.36 Å². The van der Waals surface area contributed by atoms with Crippen LogP contribution in [0, 0.1) is 0 Å². The van der Waals surface area contributed by atoms with Crippen LogP contribution in [0.4, 0.5) is 13.2 Å². The highest BCUT2D eigenvalue weighted by Gasteiger charge is 2.30. The Morgan fingerprint density at radius 1 is 1.07 bits per heavy atom. The minimum absolute atomic E-state index is 0.0824. The highest BCUT2D eigenvalue weighted by atomic mass is 19.4. The van der Waals surface area contributed by atoms with Crippen LogP contribution in [0.2, 0.25) is 0 Å². The van der Waals surface area contributed by atoms with Gasteiger partial charge in [0, 0.05) is 12.1 Å². The molecule has 0 aliphatic carbocycles. The summed E-state index contributed by atoms with van der Waals surface area (Å²) < 4.78 is 44.3. The topological polar surface area (TPSA) is 64.2 Å². The fraction of sp³-hybridized carbons (Fsp3) is 0.158. The molecule has 0 saturated carbocycles. The Hall–Kier alpha value is -3.29. The molecular weight excluding hydrogens is 361 g/mol. The molecule has 0 atom stereocenters. The number of aromatic nitrogens is 1. The lowest BCUT2D eigenvalue weighted by atomic mass is 10.1. The average molecular weight is 376 g/mol. The van der Waals surface area contributed by atoms with Gasteiger partial charge in [0.1, 0.15) is 6.54 Å². The molecule has 1 aromatic heterocycles. The van der Waals surface area contributed by atoms with E-state index >= 15 is 0 Å². The molecule has 2 aromatic carbocycles. The second-order valence-electron chi connectivity index (χ2n) is 5.83. The molecule has 0 saturated heterocycles. The lowest BCUT2D eigenvalue weighted by Gasteiger charge is -2.09. The first kappa shape index (κ1) is 18.5. The first-order valence-electron chi connectivity index (χ1n) is 8.01. The van der Waals surface area contributed by atoms with E-state index in [2.05, 4.69) is 5.32 Å². The number of benzene rings is 2. The van der Waals surface area contributed by atoms with E-state index in [1.54, 1.807) is 24.3 Å². The number of nitrogens with zero attached hydrogens (tertiary/aromatic N) is 1. The van der Waals surface area contributed by atoms with Gasteiger partial charge in [0.25, 0.3) is 0 Å². The van der Waals surface area contributed by atoms with Gasteiger partial charge < -0.3 is 9.73 Å². The standard InChI is InChI=1S/C19H15F3N2O3/c20-19(21,22)15-8-4-5-13(9-15)10-23-17(25)12-24-11-16(27-18(24)26)14-6-2-1-3-7-14/h1-9,11H,10,12H2,(H,23,25). The molecule has 8 heteroatoms. The van der Waals surface area contributed by atoms with Crippen LogP contribution in [0.1, 0.15) is 11.1 Å². The summed E-state index contributed by atoms with van der Waals surface area (Å²) in [4.78, 5) is 23.9. The van der Waals surface area contributed by atoms with Gasteiger partial charge in [-0.15, -0.1) is 0 Å². The van der Waals surface area contributed by atoms with E-state index in [0.717, 1.165) is 16.7 Å². The van der Waals surface area contributed by atoms with Gasteiger partial charge in [-0.1, -0.05) is 42.5 Å². The van der Waals surface area contributed by atoms with Gasteiger partial charge in [0.15, 0.2) is 5.76 Å². The lowest BCUT2D eigenvalue weighted by Crippen LogP contribution is -2.30. The van der Waals surface area contributed by atoms with E-state index < -0.39 is 23.4 Å². The van der Waals surface area contributed by atoms with Gasteiger partial charge in [-0.2, -0.15) is 13.2 Å². The monoisotopic (exact) mass is 376 g/mol. The van der Waals surface area contributed by atoms with Crippen LogP contribution >= 0.6 is 0 Å².